The van der Waals surface area contributed by atoms with E-state index in [1.807, 2.05) is 6.92 Å². The Morgan fingerprint density at radius 1 is 1.00 bits per heavy atom. The topological polar surface area (TPSA) is 12.0 Å². The molecule has 0 aliphatic rings. The van der Waals surface area contributed by atoms with Crippen molar-refractivity contribution in [2.24, 2.45) is 0 Å². The van der Waals surface area contributed by atoms with Crippen molar-refractivity contribution in [3.63, 3.8) is 0 Å². The Bertz CT molecular complexity index is 593. The van der Waals surface area contributed by atoms with Crippen molar-refractivity contribution in [2.75, 3.05) is 5.32 Å². The highest BCUT2D eigenvalue weighted by Crippen LogP contribution is 2.31. The minimum absolute atomic E-state index is 0.370. The second-order valence-electron chi connectivity index (χ2n) is 4.17. The second-order valence-corrected chi connectivity index (χ2v) is 4.57. The van der Waals surface area contributed by atoms with E-state index in [1.54, 1.807) is 24.3 Å². The number of hydrogen-bond donors (Lipinski definition) is 1. The summed E-state index contributed by atoms with van der Waals surface area (Å²) >= 11 is 5.96. The third kappa shape index (κ3) is 3.41. The normalized spacial score (nSPS) is 11.4. The maximum absolute atomic E-state index is 12.6. The van der Waals surface area contributed by atoms with Gasteiger partial charge >= 0.3 is 6.18 Å². The molecule has 0 saturated carbocycles. The lowest BCUT2D eigenvalue weighted by Crippen LogP contribution is -2.05. The van der Waals surface area contributed by atoms with E-state index in [1.165, 1.54) is 6.07 Å². The molecule has 0 fully saturated rings. The van der Waals surface area contributed by atoms with Crippen molar-refractivity contribution in [1.82, 2.24) is 0 Å². The predicted molar refractivity (Wildman–Crippen MR) is 70.9 cm³/mol. The van der Waals surface area contributed by atoms with Gasteiger partial charge in [0.05, 0.1) is 5.56 Å². The molecular weight excluding hydrogens is 275 g/mol. The lowest BCUT2D eigenvalue weighted by Gasteiger charge is -2.11. The van der Waals surface area contributed by atoms with Crippen molar-refractivity contribution in [3.05, 3.63) is 58.6 Å². The van der Waals surface area contributed by atoms with Crippen molar-refractivity contribution in [2.45, 2.75) is 13.1 Å². The third-order valence-corrected chi connectivity index (χ3v) is 3.06. The summed E-state index contributed by atoms with van der Waals surface area (Å²) in [5, 5.41) is 3.47. The zero-order valence-electron chi connectivity index (χ0n) is 10.1. The standard InChI is InChI=1S/C14H11ClF3N/c1-9-5-6-12(8-13(9)15)19-11-4-2-3-10(7-11)14(16,17)18/h2-8,19H,1H3. The largest absolute Gasteiger partial charge is 0.416 e. The number of aryl methyl sites for hydroxylation is 1. The van der Waals surface area contributed by atoms with Crippen molar-refractivity contribution < 1.29 is 13.2 Å². The maximum atomic E-state index is 12.6. The van der Waals surface area contributed by atoms with Crippen LogP contribution in [-0.2, 0) is 6.18 Å². The Morgan fingerprint density at radius 3 is 2.32 bits per heavy atom. The number of alkyl halides is 3. The number of benzene rings is 2. The SMILES string of the molecule is Cc1ccc(Nc2cccc(C(F)(F)F)c2)cc1Cl. The molecule has 0 aliphatic carbocycles. The molecule has 0 amide bonds. The van der Waals surface area contributed by atoms with Gasteiger partial charge in [-0.3, -0.25) is 0 Å². The molecule has 0 aromatic heterocycles. The van der Waals surface area contributed by atoms with Crippen LogP contribution >= 0.6 is 11.6 Å². The highest BCUT2D eigenvalue weighted by Gasteiger charge is 2.30. The molecule has 0 saturated heterocycles. The van der Waals surface area contributed by atoms with Gasteiger partial charge in [0, 0.05) is 16.4 Å². The van der Waals surface area contributed by atoms with E-state index in [0.29, 0.717) is 16.4 Å². The highest BCUT2D eigenvalue weighted by molar-refractivity contribution is 6.31. The first-order valence-corrected chi connectivity index (χ1v) is 5.94. The van der Waals surface area contributed by atoms with E-state index in [0.717, 1.165) is 17.7 Å². The molecule has 1 nitrogen and oxygen atoms in total. The summed E-state index contributed by atoms with van der Waals surface area (Å²) in [6.07, 6.45) is -4.34. The van der Waals surface area contributed by atoms with Gasteiger partial charge in [-0.05, 0) is 42.8 Å². The molecule has 0 radical (unpaired) electrons. The van der Waals surface area contributed by atoms with Crippen LogP contribution in [0, 0.1) is 6.92 Å². The Labute approximate surface area is 114 Å². The summed E-state index contributed by atoms with van der Waals surface area (Å²) in [4.78, 5) is 0. The molecule has 2 aromatic rings. The number of hydrogen-bond acceptors (Lipinski definition) is 1. The fourth-order valence-corrected chi connectivity index (χ4v) is 1.79. The smallest absolute Gasteiger partial charge is 0.355 e. The average Bonchev–Trinajstić information content (AvgIpc) is 2.33. The fraction of sp³-hybridized carbons (Fsp3) is 0.143. The zero-order chi connectivity index (χ0) is 14.0. The van der Waals surface area contributed by atoms with Crippen LogP contribution in [0.5, 0.6) is 0 Å². The molecule has 0 atom stereocenters. The molecule has 0 spiro atoms. The van der Waals surface area contributed by atoms with E-state index in [4.69, 9.17) is 11.6 Å². The number of halogens is 4. The van der Waals surface area contributed by atoms with Crippen LogP contribution in [0.4, 0.5) is 24.5 Å². The Hall–Kier alpha value is -1.68. The van der Waals surface area contributed by atoms with Crippen LogP contribution in [0.2, 0.25) is 5.02 Å². The van der Waals surface area contributed by atoms with Gasteiger partial charge in [0.15, 0.2) is 0 Å². The van der Waals surface area contributed by atoms with Crippen molar-refractivity contribution in [3.8, 4) is 0 Å². The van der Waals surface area contributed by atoms with E-state index in [2.05, 4.69) is 5.32 Å². The average molecular weight is 286 g/mol. The van der Waals surface area contributed by atoms with Crippen LogP contribution in [-0.4, -0.2) is 0 Å². The van der Waals surface area contributed by atoms with Gasteiger partial charge in [0.25, 0.3) is 0 Å². The van der Waals surface area contributed by atoms with Crippen LogP contribution in [0.3, 0.4) is 0 Å². The first kappa shape index (κ1) is 13.7. The van der Waals surface area contributed by atoms with Gasteiger partial charge in [-0.2, -0.15) is 13.2 Å². The second kappa shape index (κ2) is 5.13. The minimum atomic E-state index is -4.34. The third-order valence-electron chi connectivity index (χ3n) is 2.65. The van der Waals surface area contributed by atoms with Gasteiger partial charge in [0.2, 0.25) is 0 Å². The van der Waals surface area contributed by atoms with E-state index in [9.17, 15) is 13.2 Å². The molecular formula is C14H11ClF3N. The Kier molecular flexibility index (Phi) is 3.71. The molecule has 0 aliphatic heterocycles. The van der Waals surface area contributed by atoms with E-state index < -0.39 is 11.7 Å². The van der Waals surface area contributed by atoms with Crippen molar-refractivity contribution >= 4 is 23.0 Å². The summed E-state index contributed by atoms with van der Waals surface area (Å²) in [7, 11) is 0. The lowest BCUT2D eigenvalue weighted by atomic mass is 10.2. The minimum Gasteiger partial charge on any atom is -0.355 e. The zero-order valence-corrected chi connectivity index (χ0v) is 10.8. The van der Waals surface area contributed by atoms with Gasteiger partial charge in [-0.15, -0.1) is 0 Å². The molecule has 0 heterocycles. The number of rotatable bonds is 2. The lowest BCUT2D eigenvalue weighted by molar-refractivity contribution is -0.137. The predicted octanol–water partition coefficient (Wildman–Crippen LogP) is 5.41. The summed E-state index contributed by atoms with van der Waals surface area (Å²) in [6, 6.07) is 10.3. The molecule has 2 rings (SSSR count). The van der Waals surface area contributed by atoms with Crippen LogP contribution in [0.15, 0.2) is 42.5 Å². The maximum Gasteiger partial charge on any atom is 0.416 e. The number of anilines is 2. The molecule has 0 bridgehead atoms. The molecule has 2 aromatic carbocycles. The van der Waals surface area contributed by atoms with Gasteiger partial charge in [-0.1, -0.05) is 23.7 Å². The van der Waals surface area contributed by atoms with Crippen LogP contribution < -0.4 is 5.32 Å². The summed E-state index contributed by atoms with van der Waals surface area (Å²) in [6.45, 7) is 1.86. The molecule has 100 valence electrons. The quantitative estimate of drug-likeness (QED) is 0.778. The van der Waals surface area contributed by atoms with Gasteiger partial charge < -0.3 is 5.32 Å². The fourth-order valence-electron chi connectivity index (χ4n) is 1.61. The first-order valence-electron chi connectivity index (χ1n) is 5.57. The summed E-state index contributed by atoms with van der Waals surface area (Å²) < 4.78 is 37.7. The summed E-state index contributed by atoms with van der Waals surface area (Å²) in [5.41, 5.74) is 1.25. The first-order chi connectivity index (χ1) is 8.86. The van der Waals surface area contributed by atoms with Crippen molar-refractivity contribution in [1.29, 1.82) is 0 Å². The monoisotopic (exact) mass is 285 g/mol. The van der Waals surface area contributed by atoms with Gasteiger partial charge in [-0.25, -0.2) is 0 Å². The highest BCUT2D eigenvalue weighted by atomic mass is 35.5. The Balaban J connectivity index is 2.26. The molecule has 1 N–H and O–H groups in total. The summed E-state index contributed by atoms with van der Waals surface area (Å²) in [5.74, 6) is 0. The van der Waals surface area contributed by atoms with Crippen LogP contribution in [0.1, 0.15) is 11.1 Å². The Morgan fingerprint density at radius 2 is 1.68 bits per heavy atom. The van der Waals surface area contributed by atoms with Crippen LogP contribution in [0.25, 0.3) is 0 Å². The molecule has 5 heteroatoms. The molecule has 19 heavy (non-hydrogen) atoms. The van der Waals surface area contributed by atoms with E-state index in [-0.39, 0.29) is 0 Å². The molecule has 0 unspecified atom stereocenters. The number of nitrogens with one attached hydrogen (secondary N) is 1. The van der Waals surface area contributed by atoms with E-state index >= 15 is 0 Å². The van der Waals surface area contributed by atoms with Gasteiger partial charge in [0.1, 0.15) is 0 Å².